The molecule has 1 aliphatic rings. The predicted molar refractivity (Wildman–Crippen MR) is 43.1 cm³/mol. The van der Waals surface area contributed by atoms with E-state index in [-0.39, 0.29) is 17.7 Å². The van der Waals surface area contributed by atoms with Crippen molar-refractivity contribution in [3.8, 4) is 0 Å². The Balaban J connectivity index is 2.87. The van der Waals surface area contributed by atoms with Gasteiger partial charge in [0.25, 0.3) is 0 Å². The van der Waals surface area contributed by atoms with Crippen LogP contribution in [-0.2, 0) is 4.79 Å². The van der Waals surface area contributed by atoms with Gasteiger partial charge in [0.15, 0.2) is 0 Å². The molecule has 1 rings (SSSR count). The molecule has 0 bridgehead atoms. The van der Waals surface area contributed by atoms with E-state index in [1.165, 1.54) is 0 Å². The number of nitro groups is 2. The molecule has 1 heterocycles. The number of rotatable bonds is 3. The molecule has 1 aliphatic heterocycles. The van der Waals surface area contributed by atoms with Crippen LogP contribution in [0.3, 0.4) is 0 Å². The van der Waals surface area contributed by atoms with E-state index < -0.39 is 14.7 Å². The van der Waals surface area contributed by atoms with Crippen molar-refractivity contribution in [2.45, 2.75) is 11.3 Å². The average Bonchev–Trinajstić information content (AvgIpc) is 2.49. The minimum absolute atomic E-state index is 0.130. The summed E-state index contributed by atoms with van der Waals surface area (Å²) in [5.74, 6) is 0. The van der Waals surface area contributed by atoms with E-state index >= 15 is 0 Å². The smallest absolute Gasteiger partial charge is 0.294 e. The van der Waals surface area contributed by atoms with Crippen LogP contribution in [0.1, 0.15) is 6.42 Å². The van der Waals surface area contributed by atoms with Gasteiger partial charge in [0.05, 0.1) is 11.3 Å². The van der Waals surface area contributed by atoms with Crippen molar-refractivity contribution in [1.29, 1.82) is 0 Å². The highest BCUT2D eigenvalue weighted by Gasteiger charge is 2.51. The second-order valence-corrected chi connectivity index (χ2v) is 3.65. The Labute approximate surface area is 76.1 Å². The molecule has 0 spiro atoms. The topological polar surface area (TPSA) is 103 Å². The lowest BCUT2D eigenvalue weighted by atomic mass is 10.2. The van der Waals surface area contributed by atoms with Crippen LogP contribution in [-0.4, -0.2) is 21.0 Å². The molecule has 0 N–H and O–H groups in total. The van der Waals surface area contributed by atoms with Gasteiger partial charge in [0, 0.05) is 22.8 Å². The zero-order valence-corrected chi connectivity index (χ0v) is 7.02. The number of hydrogen-bond donors (Lipinski definition) is 0. The van der Waals surface area contributed by atoms with E-state index in [0.29, 0.717) is 11.8 Å². The van der Waals surface area contributed by atoms with Crippen molar-refractivity contribution >= 4 is 18.0 Å². The fourth-order valence-electron chi connectivity index (χ4n) is 0.837. The van der Waals surface area contributed by atoms with E-state index in [0.717, 1.165) is 6.08 Å². The molecule has 7 nitrogen and oxygen atoms in total. The molecule has 0 amide bonds. The predicted octanol–water partition coefficient (Wildman–Crippen LogP) is 0.413. The third-order valence-electron chi connectivity index (χ3n) is 1.52. The first kappa shape index (κ1) is 9.65. The third kappa shape index (κ3) is 1.52. The molecule has 0 aromatic carbocycles. The fourth-order valence-corrected chi connectivity index (χ4v) is 1.73. The Morgan fingerprint density at radius 1 is 1.54 bits per heavy atom. The van der Waals surface area contributed by atoms with Gasteiger partial charge in [-0.15, -0.1) is 0 Å². The molecule has 70 valence electrons. The SMILES string of the molecule is O=CC1([N+](=O)[O-])CC=C([N+](=O)[O-])S1. The van der Waals surface area contributed by atoms with Crippen LogP contribution in [0.15, 0.2) is 11.1 Å². The minimum Gasteiger partial charge on any atom is -0.294 e. The summed E-state index contributed by atoms with van der Waals surface area (Å²) in [5.41, 5.74) is 0. The molecule has 1 unspecified atom stereocenters. The van der Waals surface area contributed by atoms with Crippen LogP contribution in [0.4, 0.5) is 0 Å². The molecular weight excluding hydrogens is 200 g/mol. The Morgan fingerprint density at radius 2 is 2.15 bits per heavy atom. The van der Waals surface area contributed by atoms with Gasteiger partial charge in [-0.25, -0.2) is 0 Å². The molecule has 0 fully saturated rings. The lowest BCUT2D eigenvalue weighted by Gasteiger charge is -2.08. The number of hydrogen-bond acceptors (Lipinski definition) is 6. The second kappa shape index (κ2) is 3.13. The maximum absolute atomic E-state index is 10.4. The second-order valence-electron chi connectivity index (χ2n) is 2.33. The van der Waals surface area contributed by atoms with E-state index in [4.69, 9.17) is 0 Å². The van der Waals surface area contributed by atoms with Crippen molar-refractivity contribution in [3.05, 3.63) is 31.3 Å². The van der Waals surface area contributed by atoms with E-state index in [2.05, 4.69) is 0 Å². The molecule has 0 radical (unpaired) electrons. The van der Waals surface area contributed by atoms with E-state index in [1.54, 1.807) is 0 Å². The monoisotopic (exact) mass is 204 g/mol. The average molecular weight is 204 g/mol. The van der Waals surface area contributed by atoms with Crippen LogP contribution < -0.4 is 0 Å². The van der Waals surface area contributed by atoms with Crippen molar-refractivity contribution in [1.82, 2.24) is 0 Å². The largest absolute Gasteiger partial charge is 0.335 e. The zero-order valence-electron chi connectivity index (χ0n) is 6.21. The maximum atomic E-state index is 10.4. The first-order valence-electron chi connectivity index (χ1n) is 3.16. The quantitative estimate of drug-likeness (QED) is 0.374. The van der Waals surface area contributed by atoms with Crippen molar-refractivity contribution in [3.63, 3.8) is 0 Å². The Kier molecular flexibility index (Phi) is 2.32. The van der Waals surface area contributed by atoms with Crippen LogP contribution >= 0.6 is 11.8 Å². The number of carbonyl (C=O) groups excluding carboxylic acids is 1. The molecule has 0 aromatic heterocycles. The molecule has 0 aromatic rings. The summed E-state index contributed by atoms with van der Waals surface area (Å²) in [4.78, 5) is 27.6. The van der Waals surface area contributed by atoms with E-state index in [9.17, 15) is 25.0 Å². The molecule has 0 saturated carbocycles. The summed E-state index contributed by atoms with van der Waals surface area (Å²) >= 11 is 0.369. The number of carbonyl (C=O) groups is 1. The Hall–Kier alpha value is -1.44. The number of aldehydes is 1. The maximum Gasteiger partial charge on any atom is 0.335 e. The summed E-state index contributed by atoms with van der Waals surface area (Å²) in [7, 11) is 0. The zero-order chi connectivity index (χ0) is 10.1. The number of nitrogens with zero attached hydrogens (tertiary/aromatic N) is 2. The standard InChI is InChI=1S/C5H4N2O5S/c8-3-5(7(11)12)2-1-4(13-5)6(9)10/h1,3H,2H2. The Bertz CT molecular complexity index is 314. The van der Waals surface area contributed by atoms with Gasteiger partial charge in [-0.2, -0.15) is 0 Å². The highest BCUT2D eigenvalue weighted by atomic mass is 32.2. The van der Waals surface area contributed by atoms with E-state index in [1.807, 2.05) is 0 Å². The third-order valence-corrected chi connectivity index (χ3v) is 2.81. The highest BCUT2D eigenvalue weighted by Crippen LogP contribution is 2.41. The van der Waals surface area contributed by atoms with Crippen LogP contribution in [0.2, 0.25) is 0 Å². The van der Waals surface area contributed by atoms with Crippen molar-refractivity contribution in [2.24, 2.45) is 0 Å². The highest BCUT2D eigenvalue weighted by molar-refractivity contribution is 8.04. The van der Waals surface area contributed by atoms with Gasteiger partial charge in [0.1, 0.15) is 0 Å². The van der Waals surface area contributed by atoms with Crippen molar-refractivity contribution in [2.75, 3.05) is 0 Å². The van der Waals surface area contributed by atoms with Crippen LogP contribution in [0.5, 0.6) is 0 Å². The first-order chi connectivity index (χ1) is 6.02. The molecular formula is C5H4N2O5S. The summed E-state index contributed by atoms with van der Waals surface area (Å²) in [6.07, 6.45) is 0.983. The van der Waals surface area contributed by atoms with Crippen molar-refractivity contribution < 1.29 is 14.6 Å². The van der Waals surface area contributed by atoms with Gasteiger partial charge >= 0.3 is 9.90 Å². The van der Waals surface area contributed by atoms with Gasteiger partial charge in [0.2, 0.25) is 6.29 Å². The Morgan fingerprint density at radius 3 is 2.38 bits per heavy atom. The van der Waals surface area contributed by atoms with Crippen LogP contribution in [0.25, 0.3) is 0 Å². The normalized spacial score (nSPS) is 26.6. The first-order valence-corrected chi connectivity index (χ1v) is 3.98. The van der Waals surface area contributed by atoms with Gasteiger partial charge < -0.3 is 0 Å². The van der Waals surface area contributed by atoms with Gasteiger partial charge in [-0.1, -0.05) is 0 Å². The molecule has 0 aliphatic carbocycles. The number of thioether (sulfide) groups is 1. The minimum atomic E-state index is -1.89. The molecule has 1 atom stereocenters. The lowest BCUT2D eigenvalue weighted by molar-refractivity contribution is -0.518. The molecule has 0 saturated heterocycles. The molecule has 13 heavy (non-hydrogen) atoms. The fraction of sp³-hybridized carbons (Fsp3) is 0.400. The summed E-state index contributed by atoms with van der Waals surface area (Å²) < 4.78 is 0. The summed E-state index contributed by atoms with van der Waals surface area (Å²) in [6.45, 7) is 0. The van der Waals surface area contributed by atoms with Crippen LogP contribution in [0, 0.1) is 20.2 Å². The summed E-state index contributed by atoms with van der Waals surface area (Å²) in [6, 6.07) is 0. The summed E-state index contributed by atoms with van der Waals surface area (Å²) in [5, 5.41) is 20.3. The molecule has 8 heteroatoms. The van der Waals surface area contributed by atoms with Gasteiger partial charge in [-0.3, -0.25) is 25.0 Å². The van der Waals surface area contributed by atoms with Gasteiger partial charge in [-0.05, 0) is 0 Å². The lowest BCUT2D eigenvalue weighted by Crippen LogP contribution is -2.33.